The van der Waals surface area contributed by atoms with Gasteiger partial charge in [0.25, 0.3) is 5.78 Å². The normalized spacial score (nSPS) is 13.0. The summed E-state index contributed by atoms with van der Waals surface area (Å²) >= 11 is 0. The maximum Gasteiger partial charge on any atom is 0.272 e. The first-order valence-electron chi connectivity index (χ1n) is 9.97. The van der Waals surface area contributed by atoms with Gasteiger partial charge in [0.15, 0.2) is 5.82 Å². The molecule has 0 saturated heterocycles. The molecule has 0 spiro atoms. The average molecular weight is 407 g/mol. The summed E-state index contributed by atoms with van der Waals surface area (Å²) in [5.74, 6) is 1.64. The van der Waals surface area contributed by atoms with Crippen molar-refractivity contribution in [3.63, 3.8) is 0 Å². The van der Waals surface area contributed by atoms with Gasteiger partial charge in [-0.05, 0) is 43.2 Å². The highest BCUT2D eigenvalue weighted by molar-refractivity contribution is 5.67. The van der Waals surface area contributed by atoms with Crippen molar-refractivity contribution >= 4 is 17.4 Å². The van der Waals surface area contributed by atoms with E-state index in [9.17, 15) is 0 Å². The van der Waals surface area contributed by atoms with Gasteiger partial charge in [-0.25, -0.2) is 9.97 Å². The molecule has 0 aliphatic carbocycles. The molecule has 6 rings (SSSR count). The zero-order chi connectivity index (χ0) is 20.8. The first kappa shape index (κ1) is 17.6. The van der Waals surface area contributed by atoms with Crippen molar-refractivity contribution in [1.82, 2.24) is 39.7 Å². The fraction of sp³-hybridized carbons (Fsp3) is 0.136. The number of anilines is 2. The highest BCUT2D eigenvalue weighted by atomic mass is 15.4. The summed E-state index contributed by atoms with van der Waals surface area (Å²) in [6.45, 7) is 2.79. The minimum Gasteiger partial charge on any atom is -0.310 e. The lowest BCUT2D eigenvalue weighted by Gasteiger charge is -2.17. The van der Waals surface area contributed by atoms with E-state index in [1.807, 2.05) is 31.2 Å². The predicted octanol–water partition coefficient (Wildman–Crippen LogP) is 3.04. The number of hydrogen-bond acceptors (Lipinski definition) is 8. The zero-order valence-electron chi connectivity index (χ0n) is 16.7. The molecule has 0 amide bonds. The van der Waals surface area contributed by atoms with Gasteiger partial charge in [-0.3, -0.25) is 4.98 Å². The van der Waals surface area contributed by atoms with Crippen LogP contribution in [0.25, 0.3) is 28.6 Å². The third kappa shape index (κ3) is 2.90. The summed E-state index contributed by atoms with van der Waals surface area (Å²) in [5, 5.41) is 13.3. The molecule has 1 aromatic carbocycles. The molecule has 0 N–H and O–H groups in total. The van der Waals surface area contributed by atoms with E-state index in [0.717, 1.165) is 29.9 Å². The van der Waals surface area contributed by atoms with E-state index >= 15 is 0 Å². The van der Waals surface area contributed by atoms with Crippen molar-refractivity contribution in [2.75, 3.05) is 11.4 Å². The quantitative estimate of drug-likeness (QED) is 0.450. The van der Waals surface area contributed by atoms with E-state index in [0.29, 0.717) is 28.9 Å². The van der Waals surface area contributed by atoms with Gasteiger partial charge in [0.1, 0.15) is 5.69 Å². The van der Waals surface area contributed by atoms with Crippen LogP contribution < -0.4 is 4.90 Å². The molecule has 150 valence electrons. The number of rotatable bonds is 3. The minimum atomic E-state index is 0.433. The number of fused-ring (bicyclic) bond motifs is 2. The van der Waals surface area contributed by atoms with E-state index in [-0.39, 0.29) is 0 Å². The largest absolute Gasteiger partial charge is 0.310 e. The molecule has 5 aromatic rings. The van der Waals surface area contributed by atoms with Gasteiger partial charge >= 0.3 is 0 Å². The molecule has 9 nitrogen and oxygen atoms in total. The number of para-hydroxylation sites is 1. The molecule has 4 aromatic heterocycles. The molecular weight excluding hydrogens is 390 g/mol. The Balaban J connectivity index is 1.42. The van der Waals surface area contributed by atoms with Crippen molar-refractivity contribution in [3.05, 3.63) is 72.3 Å². The van der Waals surface area contributed by atoms with Crippen molar-refractivity contribution in [2.45, 2.75) is 13.3 Å². The molecule has 0 fully saturated rings. The smallest absolute Gasteiger partial charge is 0.272 e. The Bertz CT molecular complexity index is 1410. The van der Waals surface area contributed by atoms with Crippen LogP contribution in [0.15, 0.2) is 61.1 Å². The van der Waals surface area contributed by atoms with Crippen LogP contribution in [0.1, 0.15) is 11.3 Å². The van der Waals surface area contributed by atoms with E-state index in [2.05, 4.69) is 53.3 Å². The Hall–Kier alpha value is -4.27. The number of pyridine rings is 1. The highest BCUT2D eigenvalue weighted by Gasteiger charge is 2.23. The third-order valence-corrected chi connectivity index (χ3v) is 5.42. The molecule has 31 heavy (non-hydrogen) atoms. The lowest BCUT2D eigenvalue weighted by atomic mass is 10.2. The summed E-state index contributed by atoms with van der Waals surface area (Å²) in [4.78, 5) is 20.1. The number of hydrogen-bond donors (Lipinski definition) is 0. The van der Waals surface area contributed by atoms with Crippen LogP contribution in [-0.4, -0.2) is 46.3 Å². The number of nitrogens with zero attached hydrogens (tertiary/aromatic N) is 9. The fourth-order valence-corrected chi connectivity index (χ4v) is 3.87. The van der Waals surface area contributed by atoms with Crippen LogP contribution in [0.2, 0.25) is 0 Å². The molecule has 1 aliphatic heterocycles. The maximum atomic E-state index is 4.80. The third-order valence-electron chi connectivity index (χ3n) is 5.42. The molecule has 0 saturated carbocycles. The number of aromatic nitrogens is 8. The Labute approximate surface area is 177 Å². The fourth-order valence-electron chi connectivity index (χ4n) is 3.87. The van der Waals surface area contributed by atoms with Gasteiger partial charge in [-0.1, -0.05) is 18.2 Å². The van der Waals surface area contributed by atoms with Gasteiger partial charge in [0.2, 0.25) is 5.95 Å². The average Bonchev–Trinajstić information content (AvgIpc) is 3.45. The Morgan fingerprint density at radius 3 is 2.77 bits per heavy atom. The lowest BCUT2D eigenvalue weighted by molar-refractivity contribution is 0.850. The summed E-state index contributed by atoms with van der Waals surface area (Å²) in [6.07, 6.45) is 6.17. The van der Waals surface area contributed by atoms with Crippen molar-refractivity contribution < 1.29 is 0 Å². The summed E-state index contributed by atoms with van der Waals surface area (Å²) in [5.41, 5.74) is 5.42. The molecule has 0 radical (unpaired) electrons. The van der Waals surface area contributed by atoms with Crippen molar-refractivity contribution in [1.29, 1.82) is 0 Å². The lowest BCUT2D eigenvalue weighted by Crippen LogP contribution is -2.16. The number of benzene rings is 1. The maximum absolute atomic E-state index is 4.80. The van der Waals surface area contributed by atoms with Crippen LogP contribution in [0.3, 0.4) is 0 Å². The van der Waals surface area contributed by atoms with Crippen molar-refractivity contribution in [2.24, 2.45) is 0 Å². The van der Waals surface area contributed by atoms with Crippen LogP contribution >= 0.6 is 0 Å². The summed E-state index contributed by atoms with van der Waals surface area (Å²) < 4.78 is 1.69. The molecule has 0 atom stereocenters. The van der Waals surface area contributed by atoms with E-state index in [1.165, 1.54) is 5.56 Å². The highest BCUT2D eigenvalue weighted by Crippen LogP contribution is 2.33. The monoisotopic (exact) mass is 407 g/mol. The minimum absolute atomic E-state index is 0.433. The van der Waals surface area contributed by atoms with Gasteiger partial charge in [0.05, 0.1) is 11.4 Å². The first-order valence-corrected chi connectivity index (χ1v) is 9.97. The SMILES string of the molecule is Cc1c(-c2ccnc(N3CCc4ccccc43)n2)nnc2nc(-c3cccnc3)nn12. The van der Waals surface area contributed by atoms with Crippen LogP contribution in [0.4, 0.5) is 11.6 Å². The molecule has 1 aliphatic rings. The molecule has 0 unspecified atom stereocenters. The second kappa shape index (κ2) is 6.91. The summed E-state index contributed by atoms with van der Waals surface area (Å²) in [6, 6.07) is 14.0. The van der Waals surface area contributed by atoms with Crippen molar-refractivity contribution in [3.8, 4) is 22.8 Å². The van der Waals surface area contributed by atoms with Gasteiger partial charge < -0.3 is 4.90 Å². The molecule has 0 bridgehead atoms. The molecule has 5 heterocycles. The van der Waals surface area contributed by atoms with Gasteiger partial charge in [0, 0.05) is 36.4 Å². The Morgan fingerprint density at radius 2 is 1.87 bits per heavy atom. The van der Waals surface area contributed by atoms with E-state index < -0.39 is 0 Å². The van der Waals surface area contributed by atoms with E-state index in [4.69, 9.17) is 4.98 Å². The van der Waals surface area contributed by atoms with Gasteiger partial charge in [-0.15, -0.1) is 15.3 Å². The second-order valence-electron chi connectivity index (χ2n) is 7.30. The summed E-state index contributed by atoms with van der Waals surface area (Å²) in [7, 11) is 0. The second-order valence-corrected chi connectivity index (χ2v) is 7.30. The Kier molecular flexibility index (Phi) is 3.92. The zero-order valence-corrected chi connectivity index (χ0v) is 16.7. The standard InChI is InChI=1S/C22H17N9/c1-14-19(27-28-22-26-20(29-31(14)22)16-6-4-10-23-13-16)17-8-11-24-21(25-17)30-12-9-15-5-2-3-7-18(15)30/h2-8,10-11,13H,9,12H2,1H3. The Morgan fingerprint density at radius 1 is 0.935 bits per heavy atom. The first-order chi connectivity index (χ1) is 15.3. The van der Waals surface area contributed by atoms with Crippen LogP contribution in [-0.2, 0) is 6.42 Å². The van der Waals surface area contributed by atoms with Gasteiger partial charge in [-0.2, -0.15) is 9.50 Å². The molecular formula is C22H17N9. The topological polar surface area (TPSA) is 97.9 Å². The predicted molar refractivity (Wildman–Crippen MR) is 115 cm³/mol. The van der Waals surface area contributed by atoms with Crippen LogP contribution in [0.5, 0.6) is 0 Å². The van der Waals surface area contributed by atoms with E-state index in [1.54, 1.807) is 23.1 Å². The molecule has 9 heteroatoms. The number of aryl methyl sites for hydroxylation is 1. The van der Waals surface area contributed by atoms with Crippen LogP contribution in [0, 0.1) is 6.92 Å².